The Labute approximate surface area is 143 Å². The lowest BCUT2D eigenvalue weighted by atomic mass is 10.1. The smallest absolute Gasteiger partial charge is 0.416 e. The molecule has 0 heterocycles. The second kappa shape index (κ2) is 6.44. The standard InChI is InChI=1S/C14H9BrF3NO4S/c15-10-1-3-12(4-2-10)24(22,23)19-11-6-8(13(20)21)5-9(7-11)14(16,17)18/h1-7,19H,(H,20,21). The van der Waals surface area contributed by atoms with Gasteiger partial charge in [-0.1, -0.05) is 15.9 Å². The predicted molar refractivity (Wildman–Crippen MR) is 83.4 cm³/mol. The Hall–Kier alpha value is -2.07. The van der Waals surface area contributed by atoms with E-state index in [1.165, 1.54) is 24.3 Å². The van der Waals surface area contributed by atoms with E-state index in [0.717, 1.165) is 6.07 Å². The fourth-order valence-electron chi connectivity index (χ4n) is 1.80. The summed E-state index contributed by atoms with van der Waals surface area (Å²) in [5.74, 6) is -1.61. The van der Waals surface area contributed by atoms with Crippen LogP contribution in [0.25, 0.3) is 0 Å². The Morgan fingerprint density at radius 1 is 1.08 bits per heavy atom. The van der Waals surface area contributed by atoms with Crippen LogP contribution >= 0.6 is 15.9 Å². The van der Waals surface area contributed by atoms with Gasteiger partial charge in [0.1, 0.15) is 0 Å². The van der Waals surface area contributed by atoms with Crippen molar-refractivity contribution in [3.8, 4) is 0 Å². The molecule has 2 aromatic carbocycles. The van der Waals surface area contributed by atoms with Crippen LogP contribution in [0.4, 0.5) is 18.9 Å². The highest BCUT2D eigenvalue weighted by Gasteiger charge is 2.32. The van der Waals surface area contributed by atoms with Gasteiger partial charge in [0.2, 0.25) is 0 Å². The van der Waals surface area contributed by atoms with Crippen molar-refractivity contribution >= 4 is 37.6 Å². The summed E-state index contributed by atoms with van der Waals surface area (Å²) in [7, 11) is -4.17. The lowest BCUT2D eigenvalue weighted by Gasteiger charge is -2.13. The zero-order valence-corrected chi connectivity index (χ0v) is 14.0. The molecule has 2 aromatic rings. The molecule has 0 saturated heterocycles. The van der Waals surface area contributed by atoms with Crippen molar-refractivity contribution < 1.29 is 31.5 Å². The van der Waals surface area contributed by atoms with Gasteiger partial charge < -0.3 is 5.11 Å². The van der Waals surface area contributed by atoms with Crippen molar-refractivity contribution in [2.24, 2.45) is 0 Å². The first kappa shape index (κ1) is 18.3. The van der Waals surface area contributed by atoms with Gasteiger partial charge >= 0.3 is 12.1 Å². The van der Waals surface area contributed by atoms with Crippen molar-refractivity contribution in [2.75, 3.05) is 4.72 Å². The van der Waals surface area contributed by atoms with Gasteiger partial charge in [0.25, 0.3) is 10.0 Å². The molecule has 0 bridgehead atoms. The Kier molecular flexibility index (Phi) is 4.90. The van der Waals surface area contributed by atoms with Gasteiger partial charge in [-0.25, -0.2) is 13.2 Å². The van der Waals surface area contributed by atoms with E-state index in [2.05, 4.69) is 15.9 Å². The molecule has 0 aliphatic rings. The lowest BCUT2D eigenvalue weighted by Crippen LogP contribution is -2.15. The summed E-state index contributed by atoms with van der Waals surface area (Å²) in [5.41, 5.74) is -2.45. The normalized spacial score (nSPS) is 12.0. The van der Waals surface area contributed by atoms with E-state index >= 15 is 0 Å². The molecule has 0 aliphatic carbocycles. The average molecular weight is 424 g/mol. The van der Waals surface area contributed by atoms with Crippen LogP contribution in [0.5, 0.6) is 0 Å². The molecule has 0 fully saturated rings. The number of benzene rings is 2. The first-order valence-corrected chi connectivity index (χ1v) is 8.50. The molecule has 24 heavy (non-hydrogen) atoms. The molecule has 0 amide bonds. The summed E-state index contributed by atoms with van der Waals surface area (Å²) in [6.07, 6.45) is -4.82. The van der Waals surface area contributed by atoms with Crippen LogP contribution in [0.2, 0.25) is 0 Å². The minimum Gasteiger partial charge on any atom is -0.478 e. The number of anilines is 1. The second-order valence-electron chi connectivity index (χ2n) is 4.66. The van der Waals surface area contributed by atoms with Gasteiger partial charge in [-0.2, -0.15) is 13.2 Å². The molecule has 0 aromatic heterocycles. The quantitative estimate of drug-likeness (QED) is 0.779. The summed E-state index contributed by atoms with van der Waals surface area (Å²) >= 11 is 3.13. The molecule has 0 atom stereocenters. The van der Waals surface area contributed by atoms with Gasteiger partial charge in [0.05, 0.1) is 21.7 Å². The van der Waals surface area contributed by atoms with Crippen LogP contribution in [0.1, 0.15) is 15.9 Å². The number of sulfonamides is 1. The highest BCUT2D eigenvalue weighted by Crippen LogP contribution is 2.32. The SMILES string of the molecule is O=C(O)c1cc(NS(=O)(=O)c2ccc(Br)cc2)cc(C(F)(F)F)c1. The van der Waals surface area contributed by atoms with Gasteiger partial charge in [-0.15, -0.1) is 0 Å². The van der Waals surface area contributed by atoms with Crippen molar-refractivity contribution in [3.05, 3.63) is 58.1 Å². The average Bonchev–Trinajstić information content (AvgIpc) is 2.46. The number of hydrogen-bond donors (Lipinski definition) is 2. The number of rotatable bonds is 4. The Bertz CT molecular complexity index is 880. The molecule has 2 N–H and O–H groups in total. The van der Waals surface area contributed by atoms with Crippen molar-refractivity contribution in [1.82, 2.24) is 0 Å². The fourth-order valence-corrected chi connectivity index (χ4v) is 3.11. The zero-order valence-electron chi connectivity index (χ0n) is 11.6. The maximum Gasteiger partial charge on any atom is 0.416 e. The van der Waals surface area contributed by atoms with Crippen LogP contribution in [-0.2, 0) is 16.2 Å². The molecule has 2 rings (SSSR count). The van der Waals surface area contributed by atoms with Gasteiger partial charge in [0, 0.05) is 4.47 Å². The highest BCUT2D eigenvalue weighted by molar-refractivity contribution is 9.10. The van der Waals surface area contributed by atoms with Gasteiger partial charge in [-0.3, -0.25) is 4.72 Å². The number of nitrogens with one attached hydrogen (secondary N) is 1. The number of hydrogen-bond acceptors (Lipinski definition) is 3. The number of carboxylic acids is 1. The van der Waals surface area contributed by atoms with E-state index in [0.29, 0.717) is 16.6 Å². The Balaban J connectivity index is 2.46. The minimum absolute atomic E-state index is 0.181. The molecule has 5 nitrogen and oxygen atoms in total. The number of carboxylic acid groups (broad SMARTS) is 1. The largest absolute Gasteiger partial charge is 0.478 e. The summed E-state index contributed by atoms with van der Waals surface area (Å²) in [5, 5.41) is 8.90. The number of aromatic carboxylic acids is 1. The lowest BCUT2D eigenvalue weighted by molar-refractivity contribution is -0.137. The first-order chi connectivity index (χ1) is 11.0. The number of alkyl halides is 3. The third-order valence-corrected chi connectivity index (χ3v) is 4.81. The molecule has 0 unspecified atom stereocenters. The monoisotopic (exact) mass is 423 g/mol. The number of carbonyl (C=O) groups is 1. The number of halogens is 4. The third-order valence-electron chi connectivity index (χ3n) is 2.88. The van der Waals surface area contributed by atoms with E-state index in [1.54, 1.807) is 0 Å². The second-order valence-corrected chi connectivity index (χ2v) is 7.26. The molecule has 10 heteroatoms. The van der Waals surface area contributed by atoms with Crippen molar-refractivity contribution in [3.63, 3.8) is 0 Å². The minimum atomic E-state index is -4.82. The molecular formula is C14H9BrF3NO4S. The van der Waals surface area contributed by atoms with Gasteiger partial charge in [0.15, 0.2) is 0 Å². The van der Waals surface area contributed by atoms with E-state index in [1.807, 2.05) is 4.72 Å². The first-order valence-electron chi connectivity index (χ1n) is 6.23. The molecule has 0 saturated carbocycles. The van der Waals surface area contributed by atoms with Crippen molar-refractivity contribution in [1.29, 1.82) is 0 Å². The Morgan fingerprint density at radius 3 is 2.17 bits per heavy atom. The van der Waals surface area contributed by atoms with Crippen molar-refractivity contribution in [2.45, 2.75) is 11.1 Å². The summed E-state index contributed by atoms with van der Waals surface area (Å²) in [6, 6.07) is 7.17. The molecule has 0 radical (unpaired) electrons. The van der Waals surface area contributed by atoms with E-state index in [4.69, 9.17) is 5.11 Å². The highest BCUT2D eigenvalue weighted by atomic mass is 79.9. The molecule has 0 spiro atoms. The van der Waals surface area contributed by atoms with E-state index in [9.17, 15) is 26.4 Å². The van der Waals surface area contributed by atoms with Crippen LogP contribution in [-0.4, -0.2) is 19.5 Å². The third kappa shape index (κ3) is 4.26. The predicted octanol–water partition coefficient (Wildman–Crippen LogP) is 3.97. The Morgan fingerprint density at radius 2 is 1.67 bits per heavy atom. The van der Waals surface area contributed by atoms with Crippen LogP contribution in [0, 0.1) is 0 Å². The maximum absolute atomic E-state index is 12.8. The van der Waals surface area contributed by atoms with Gasteiger partial charge in [-0.05, 0) is 42.5 Å². The van der Waals surface area contributed by atoms with Crippen LogP contribution in [0.15, 0.2) is 51.8 Å². The summed E-state index contributed by atoms with van der Waals surface area (Å²) in [4.78, 5) is 10.8. The topological polar surface area (TPSA) is 83.5 Å². The summed E-state index contributed by atoms with van der Waals surface area (Å²) in [6.45, 7) is 0. The van der Waals surface area contributed by atoms with Crippen LogP contribution in [0.3, 0.4) is 0 Å². The van der Waals surface area contributed by atoms with E-state index in [-0.39, 0.29) is 4.90 Å². The zero-order chi connectivity index (χ0) is 18.1. The summed E-state index contributed by atoms with van der Waals surface area (Å²) < 4.78 is 65.5. The molecular weight excluding hydrogens is 415 g/mol. The van der Waals surface area contributed by atoms with Crippen LogP contribution < -0.4 is 4.72 Å². The fraction of sp³-hybridized carbons (Fsp3) is 0.0714. The molecule has 128 valence electrons. The maximum atomic E-state index is 12.8. The molecule has 0 aliphatic heterocycles. The van der Waals surface area contributed by atoms with E-state index < -0.39 is 39.0 Å².